The molecule has 6 aromatic rings. The molecule has 0 spiro atoms. The number of benzene rings is 2. The van der Waals surface area contributed by atoms with Gasteiger partial charge in [0.05, 0.1) is 11.4 Å². The van der Waals surface area contributed by atoms with Crippen LogP contribution < -0.4 is 55.2 Å². The number of nitrogens with zero attached hydrogens (tertiary/aromatic N) is 4. The van der Waals surface area contributed by atoms with E-state index in [0.29, 0.717) is 13.1 Å². The zero-order valence-corrected chi connectivity index (χ0v) is 34.1. The fourth-order valence-electron chi connectivity index (χ4n) is 4.16. The van der Waals surface area contributed by atoms with Crippen LogP contribution in [0, 0.1) is 0 Å². The number of carbonyl (C=O) groups excluding carboxylic acids is 2. The molecule has 51 heavy (non-hydrogen) atoms. The summed E-state index contributed by atoms with van der Waals surface area (Å²) in [6.07, 6.45) is 18.1. The van der Waals surface area contributed by atoms with Gasteiger partial charge in [-0.1, -0.05) is 63.1 Å². The molecule has 0 bridgehead atoms. The van der Waals surface area contributed by atoms with Crippen molar-refractivity contribution in [1.82, 2.24) is 30.6 Å². The summed E-state index contributed by atoms with van der Waals surface area (Å²) >= 11 is 0. The van der Waals surface area contributed by atoms with Gasteiger partial charge in [-0.05, 0) is 72.1 Å². The van der Waals surface area contributed by atoms with E-state index < -0.39 is 0 Å². The fraction of sp³-hybridized carbons (Fsp3) is 0.211. The maximum Gasteiger partial charge on any atom is 2.00 e. The molecule has 4 heterocycles. The van der Waals surface area contributed by atoms with Crippen molar-refractivity contribution in [1.29, 1.82) is 0 Å². The molecule has 6 rings (SSSR count). The molecule has 0 fully saturated rings. The van der Waals surface area contributed by atoms with Gasteiger partial charge in [0.1, 0.15) is 0 Å². The van der Waals surface area contributed by atoms with Gasteiger partial charge in [-0.3, -0.25) is 19.9 Å². The minimum absolute atomic E-state index is 0. The molecular weight excluding hydrogens is 955 g/mol. The molecule has 0 saturated carbocycles. The number of rotatable bonds is 8. The average Bonchev–Trinajstić information content (AvgIpc) is 3.14. The van der Waals surface area contributed by atoms with E-state index in [4.69, 9.17) is 0 Å². The standard InChI is InChI=1S/2C14H17N3O.2C5H5N.2BrH.Pt/c2*1-2-3-8-16-14(18)17-13-6-4-5-11-7-9-15-10-12(11)13;2*1-2-4-6-5-3-1;;;/h2*4-7,9-10H,2-3,8H2,1H3,(H2,16,17,18);2*1-5H;2*1H;/q;;;;;;+2/p-2. The first-order valence-electron chi connectivity index (χ1n) is 16.1. The fourth-order valence-corrected chi connectivity index (χ4v) is 4.16. The summed E-state index contributed by atoms with van der Waals surface area (Å²) in [5.41, 5.74) is 1.57. The molecule has 0 atom stereocenters. The Labute approximate surface area is 335 Å². The van der Waals surface area contributed by atoms with Crippen molar-refractivity contribution in [3.63, 3.8) is 0 Å². The minimum atomic E-state index is -0.167. The Morgan fingerprint density at radius 2 is 0.902 bits per heavy atom. The number of hydrogen-bond donors (Lipinski definition) is 4. The van der Waals surface area contributed by atoms with Crippen molar-refractivity contribution in [2.24, 2.45) is 0 Å². The molecule has 272 valence electrons. The minimum Gasteiger partial charge on any atom is -1.00 e. The number of unbranched alkanes of at least 4 members (excludes halogenated alkanes) is 2. The Hall–Kier alpha value is -4.25. The van der Waals surface area contributed by atoms with Crippen molar-refractivity contribution in [3.8, 4) is 0 Å². The Kier molecular flexibility index (Phi) is 27.0. The summed E-state index contributed by atoms with van der Waals surface area (Å²) in [5.74, 6) is 0. The van der Waals surface area contributed by atoms with E-state index in [-0.39, 0.29) is 67.1 Å². The summed E-state index contributed by atoms with van der Waals surface area (Å²) in [5, 5.41) is 15.4. The molecule has 4 aromatic heterocycles. The van der Waals surface area contributed by atoms with Crippen LogP contribution in [0.3, 0.4) is 0 Å². The van der Waals surface area contributed by atoms with Crippen LogP contribution in [-0.4, -0.2) is 45.1 Å². The van der Waals surface area contributed by atoms with Crippen LogP contribution in [0.15, 0.2) is 135 Å². The van der Waals surface area contributed by atoms with Gasteiger partial charge < -0.3 is 55.2 Å². The van der Waals surface area contributed by atoms with Gasteiger partial charge in [-0.2, -0.15) is 0 Å². The molecule has 4 amide bonds. The van der Waals surface area contributed by atoms with Crippen LogP contribution in [0.25, 0.3) is 21.5 Å². The number of carbonyl (C=O) groups is 2. The van der Waals surface area contributed by atoms with Gasteiger partial charge in [-0.25, -0.2) is 9.59 Å². The third-order valence-electron chi connectivity index (χ3n) is 6.63. The largest absolute Gasteiger partial charge is 2.00 e. The first-order chi connectivity index (χ1) is 23.6. The van der Waals surface area contributed by atoms with Crippen molar-refractivity contribution in [2.45, 2.75) is 39.5 Å². The van der Waals surface area contributed by atoms with Crippen LogP contribution >= 0.6 is 0 Å². The second-order valence-electron chi connectivity index (χ2n) is 10.3. The Morgan fingerprint density at radius 1 is 0.510 bits per heavy atom. The normalized spacial score (nSPS) is 9.14. The molecule has 0 unspecified atom stereocenters. The van der Waals surface area contributed by atoms with Crippen molar-refractivity contribution < 1.29 is 64.6 Å². The van der Waals surface area contributed by atoms with Crippen molar-refractivity contribution in [3.05, 3.63) is 135 Å². The predicted octanol–water partition coefficient (Wildman–Crippen LogP) is 2.48. The molecular formula is C38H44Br2N8O2Pt. The number of hydrogen-bond acceptors (Lipinski definition) is 6. The molecule has 0 saturated heterocycles. The average molecular weight is 1000 g/mol. The van der Waals surface area contributed by atoms with E-state index in [1.165, 1.54) is 0 Å². The van der Waals surface area contributed by atoms with E-state index in [1.54, 1.807) is 49.6 Å². The molecule has 0 aliphatic rings. The van der Waals surface area contributed by atoms with Gasteiger partial charge >= 0.3 is 33.1 Å². The number of fused-ring (bicyclic) bond motifs is 2. The summed E-state index contributed by atoms with van der Waals surface area (Å²) < 4.78 is 0. The Morgan fingerprint density at radius 3 is 1.22 bits per heavy atom. The predicted molar refractivity (Wildman–Crippen MR) is 196 cm³/mol. The summed E-state index contributed by atoms with van der Waals surface area (Å²) in [7, 11) is 0. The number of anilines is 2. The monoisotopic (exact) mass is 997 g/mol. The summed E-state index contributed by atoms with van der Waals surface area (Å²) in [4.78, 5) is 39.1. The molecule has 13 heteroatoms. The van der Waals surface area contributed by atoms with Crippen molar-refractivity contribution >= 4 is 45.0 Å². The first-order valence-corrected chi connectivity index (χ1v) is 16.1. The Bertz CT molecular complexity index is 1580. The zero-order valence-electron chi connectivity index (χ0n) is 28.6. The third-order valence-corrected chi connectivity index (χ3v) is 6.63. The zero-order chi connectivity index (χ0) is 34.1. The van der Waals surface area contributed by atoms with Crippen LogP contribution in [0.5, 0.6) is 0 Å². The smallest absolute Gasteiger partial charge is 1.00 e. The summed E-state index contributed by atoms with van der Waals surface area (Å²) in [6, 6.07) is 26.5. The molecule has 2 aromatic carbocycles. The topological polar surface area (TPSA) is 134 Å². The van der Waals surface area contributed by atoms with E-state index in [2.05, 4.69) is 55.1 Å². The van der Waals surface area contributed by atoms with Crippen LogP contribution in [0.4, 0.5) is 21.0 Å². The number of amides is 4. The number of aromatic nitrogens is 4. The quantitative estimate of drug-likeness (QED) is 0.174. The van der Waals surface area contributed by atoms with Crippen LogP contribution in [-0.2, 0) is 21.1 Å². The third kappa shape index (κ3) is 19.1. The SMILES string of the molecule is CCCCNC(=O)Nc1cccc2ccncc12.CCCCNC(=O)Nc1cccc2ccncc12.[Br-].[Br-].[Pt+2].c1ccncc1.c1ccncc1. The molecule has 0 aliphatic carbocycles. The maximum absolute atomic E-state index is 11.7. The summed E-state index contributed by atoms with van der Waals surface area (Å²) in [6.45, 7) is 5.59. The van der Waals surface area contributed by atoms with Gasteiger partial charge in [0.15, 0.2) is 0 Å². The number of nitrogens with one attached hydrogen (secondary N) is 4. The van der Waals surface area contributed by atoms with Gasteiger partial charge in [0.25, 0.3) is 0 Å². The number of urea groups is 2. The maximum atomic E-state index is 11.7. The Balaban J connectivity index is 0.000000709. The van der Waals surface area contributed by atoms with Crippen LogP contribution in [0.1, 0.15) is 39.5 Å². The van der Waals surface area contributed by atoms with E-state index in [0.717, 1.165) is 58.6 Å². The number of pyridine rings is 4. The van der Waals surface area contributed by atoms with E-state index in [9.17, 15) is 9.59 Å². The van der Waals surface area contributed by atoms with E-state index >= 15 is 0 Å². The second-order valence-corrected chi connectivity index (χ2v) is 10.3. The van der Waals surface area contributed by atoms with E-state index in [1.807, 2.05) is 84.9 Å². The molecule has 0 aliphatic heterocycles. The second kappa shape index (κ2) is 29.5. The molecule has 4 N–H and O–H groups in total. The molecule has 0 radical (unpaired) electrons. The van der Waals surface area contributed by atoms with Gasteiger partial charge in [-0.15, -0.1) is 0 Å². The first kappa shape index (κ1) is 46.7. The van der Waals surface area contributed by atoms with Crippen LogP contribution in [0.2, 0.25) is 0 Å². The number of halogens is 2. The molecule has 10 nitrogen and oxygen atoms in total. The van der Waals surface area contributed by atoms with Gasteiger partial charge in [0, 0.05) is 73.4 Å². The van der Waals surface area contributed by atoms with Gasteiger partial charge in [0.2, 0.25) is 0 Å². The van der Waals surface area contributed by atoms with Crippen molar-refractivity contribution in [2.75, 3.05) is 23.7 Å².